The van der Waals surface area contributed by atoms with E-state index in [1.807, 2.05) is 49.4 Å². The predicted octanol–water partition coefficient (Wildman–Crippen LogP) is 4.22. The van der Waals surface area contributed by atoms with E-state index in [9.17, 15) is 13.2 Å². The lowest BCUT2D eigenvalue weighted by Gasteiger charge is -2.30. The number of aryl methyl sites for hydroxylation is 2. The van der Waals surface area contributed by atoms with Crippen molar-refractivity contribution in [3.63, 3.8) is 0 Å². The number of fused-ring (bicyclic) bond motifs is 2. The lowest BCUT2D eigenvalue weighted by Crippen LogP contribution is -2.36. The average molecular weight is 539 g/mol. The van der Waals surface area contributed by atoms with Crippen molar-refractivity contribution in [1.29, 1.82) is 0 Å². The SMILES string of the molecule is Cc1cc(C(=O)N2CCCc3cc(-c4ccccc4S(N)(=O)=O)ccc32)n(-c2ccc3ccnc(N)c3c2)n1. The normalized spacial score (nSPS) is 13.4. The summed E-state index contributed by atoms with van der Waals surface area (Å²) in [5.74, 6) is 0.240. The van der Waals surface area contributed by atoms with Gasteiger partial charge >= 0.3 is 0 Å². The molecular formula is C29H26N6O3S. The highest BCUT2D eigenvalue weighted by atomic mass is 32.2. The maximum atomic E-state index is 14.0. The molecule has 0 spiro atoms. The number of hydrogen-bond donors (Lipinski definition) is 2. The summed E-state index contributed by atoms with van der Waals surface area (Å²) in [4.78, 5) is 20.0. The molecule has 39 heavy (non-hydrogen) atoms. The Hall–Kier alpha value is -4.54. The first-order chi connectivity index (χ1) is 18.7. The maximum absolute atomic E-state index is 14.0. The van der Waals surface area contributed by atoms with Crippen LogP contribution in [0.5, 0.6) is 0 Å². The van der Waals surface area contributed by atoms with Crippen LogP contribution in [0.1, 0.15) is 28.2 Å². The lowest BCUT2D eigenvalue weighted by atomic mass is 9.96. The molecule has 10 heteroatoms. The van der Waals surface area contributed by atoms with E-state index in [1.54, 1.807) is 40.0 Å². The summed E-state index contributed by atoms with van der Waals surface area (Å²) >= 11 is 0. The van der Waals surface area contributed by atoms with Crippen LogP contribution >= 0.6 is 0 Å². The predicted molar refractivity (Wildman–Crippen MR) is 151 cm³/mol. The topological polar surface area (TPSA) is 137 Å². The zero-order valence-electron chi connectivity index (χ0n) is 21.2. The highest BCUT2D eigenvalue weighted by Crippen LogP contribution is 2.35. The number of aromatic nitrogens is 3. The van der Waals surface area contributed by atoms with Gasteiger partial charge < -0.3 is 10.6 Å². The van der Waals surface area contributed by atoms with E-state index in [0.717, 1.165) is 40.4 Å². The van der Waals surface area contributed by atoms with Crippen LogP contribution in [0.25, 0.3) is 27.6 Å². The molecule has 0 aliphatic carbocycles. The first-order valence-electron chi connectivity index (χ1n) is 12.5. The van der Waals surface area contributed by atoms with E-state index in [4.69, 9.17) is 10.9 Å². The number of hydrogen-bond acceptors (Lipinski definition) is 6. The second kappa shape index (κ2) is 9.33. The molecule has 6 rings (SSSR count). The molecule has 3 heterocycles. The molecule has 4 N–H and O–H groups in total. The number of carbonyl (C=O) groups excluding carboxylic acids is 1. The molecule has 0 saturated carbocycles. The molecule has 0 saturated heterocycles. The Labute approximate surface area is 225 Å². The molecule has 3 aromatic carbocycles. The number of rotatable bonds is 4. The smallest absolute Gasteiger partial charge is 0.277 e. The third-order valence-corrected chi connectivity index (χ3v) is 7.99. The van der Waals surface area contributed by atoms with Crippen LogP contribution in [0.4, 0.5) is 11.5 Å². The second-order valence-electron chi connectivity index (χ2n) is 9.63. The van der Waals surface area contributed by atoms with Crippen molar-refractivity contribution >= 4 is 38.2 Å². The molecule has 5 aromatic rings. The number of nitrogens with zero attached hydrogens (tertiary/aromatic N) is 4. The fourth-order valence-electron chi connectivity index (χ4n) is 5.23. The molecule has 1 aliphatic rings. The van der Waals surface area contributed by atoms with Gasteiger partial charge in [-0.2, -0.15) is 5.10 Å². The monoisotopic (exact) mass is 538 g/mol. The average Bonchev–Trinajstić information content (AvgIpc) is 3.33. The third-order valence-electron chi connectivity index (χ3n) is 7.02. The van der Waals surface area contributed by atoms with Crippen LogP contribution in [-0.2, 0) is 16.4 Å². The Kier molecular flexibility index (Phi) is 5.93. The molecule has 0 radical (unpaired) electrons. The summed E-state index contributed by atoms with van der Waals surface area (Å²) in [7, 11) is -3.89. The second-order valence-corrected chi connectivity index (χ2v) is 11.2. The summed E-state index contributed by atoms with van der Waals surface area (Å²) in [6.07, 6.45) is 3.20. The van der Waals surface area contributed by atoms with Gasteiger partial charge in [-0.05, 0) is 78.7 Å². The molecular weight excluding hydrogens is 512 g/mol. The first-order valence-corrected chi connectivity index (χ1v) is 14.0. The number of primary sulfonamides is 1. The number of carbonyl (C=O) groups is 1. The van der Waals surface area contributed by atoms with Gasteiger partial charge in [0.05, 0.1) is 16.3 Å². The van der Waals surface area contributed by atoms with Crippen molar-refractivity contribution in [2.45, 2.75) is 24.7 Å². The first kappa shape index (κ1) is 24.8. The Morgan fingerprint density at radius 1 is 1.00 bits per heavy atom. The van der Waals surface area contributed by atoms with E-state index in [0.29, 0.717) is 35.0 Å². The zero-order chi connectivity index (χ0) is 27.3. The zero-order valence-corrected chi connectivity index (χ0v) is 22.0. The minimum Gasteiger partial charge on any atom is -0.383 e. The number of amides is 1. The Morgan fingerprint density at radius 3 is 2.64 bits per heavy atom. The molecule has 196 valence electrons. The van der Waals surface area contributed by atoms with Crippen LogP contribution in [0.3, 0.4) is 0 Å². The molecule has 0 unspecified atom stereocenters. The summed E-state index contributed by atoms with van der Waals surface area (Å²) < 4.78 is 26.0. The van der Waals surface area contributed by atoms with Crippen molar-refractivity contribution in [3.8, 4) is 16.8 Å². The summed E-state index contributed by atoms with van der Waals surface area (Å²) in [5.41, 5.74) is 11.0. The molecule has 0 bridgehead atoms. The van der Waals surface area contributed by atoms with Gasteiger partial charge in [0, 0.05) is 29.4 Å². The van der Waals surface area contributed by atoms with Crippen molar-refractivity contribution in [3.05, 3.63) is 95.9 Å². The van der Waals surface area contributed by atoms with Gasteiger partial charge in [-0.1, -0.05) is 30.3 Å². The highest BCUT2D eigenvalue weighted by Gasteiger charge is 2.28. The standard InChI is InChI=1S/C29H26N6O3S/c1-18-15-26(35(33-18)22-10-8-19-12-13-32-28(30)24(19)17-22)29(36)34-14-4-5-21-16-20(9-11-25(21)34)23-6-2-3-7-27(23)39(31,37)38/h2-3,6-13,15-17H,4-5,14H2,1H3,(H2,30,32)(H2,31,37,38). The minimum atomic E-state index is -3.89. The summed E-state index contributed by atoms with van der Waals surface area (Å²) in [5, 5.41) is 11.8. The molecule has 0 fully saturated rings. The van der Waals surface area contributed by atoms with Crippen molar-refractivity contribution in [2.24, 2.45) is 5.14 Å². The Morgan fingerprint density at radius 2 is 1.82 bits per heavy atom. The van der Waals surface area contributed by atoms with Gasteiger partial charge in [0.15, 0.2) is 0 Å². The van der Waals surface area contributed by atoms with Gasteiger partial charge in [-0.15, -0.1) is 0 Å². The highest BCUT2D eigenvalue weighted by molar-refractivity contribution is 7.89. The molecule has 1 aliphatic heterocycles. The Bertz CT molecular complexity index is 1880. The van der Waals surface area contributed by atoms with Crippen molar-refractivity contribution < 1.29 is 13.2 Å². The van der Waals surface area contributed by atoms with E-state index in [1.165, 1.54) is 6.07 Å². The maximum Gasteiger partial charge on any atom is 0.277 e. The van der Waals surface area contributed by atoms with Crippen LogP contribution < -0.4 is 15.8 Å². The van der Waals surface area contributed by atoms with E-state index >= 15 is 0 Å². The molecule has 9 nitrogen and oxygen atoms in total. The Balaban J connectivity index is 1.39. The number of nitrogens with two attached hydrogens (primary N) is 2. The lowest BCUT2D eigenvalue weighted by molar-refractivity contribution is 0.0977. The van der Waals surface area contributed by atoms with Crippen molar-refractivity contribution in [2.75, 3.05) is 17.2 Å². The molecule has 2 aromatic heterocycles. The van der Waals surface area contributed by atoms with Gasteiger partial charge in [0.1, 0.15) is 11.5 Å². The number of anilines is 2. The van der Waals surface area contributed by atoms with Gasteiger partial charge in [0.25, 0.3) is 5.91 Å². The third kappa shape index (κ3) is 4.43. The number of benzene rings is 3. The van der Waals surface area contributed by atoms with E-state index in [2.05, 4.69) is 10.1 Å². The van der Waals surface area contributed by atoms with Gasteiger partial charge in [-0.25, -0.2) is 23.2 Å². The minimum absolute atomic E-state index is 0.0688. The summed E-state index contributed by atoms with van der Waals surface area (Å²) in [6, 6.07) is 21.7. The van der Waals surface area contributed by atoms with Gasteiger partial charge in [0.2, 0.25) is 10.0 Å². The fraction of sp³-hybridized carbons (Fsp3) is 0.138. The number of nitrogen functional groups attached to an aromatic ring is 1. The van der Waals surface area contributed by atoms with Crippen LogP contribution in [0.15, 0.2) is 83.9 Å². The molecule has 1 amide bonds. The van der Waals surface area contributed by atoms with E-state index < -0.39 is 10.0 Å². The largest absolute Gasteiger partial charge is 0.383 e. The number of sulfonamides is 1. The van der Waals surface area contributed by atoms with Gasteiger partial charge in [-0.3, -0.25) is 4.79 Å². The number of pyridine rings is 1. The van der Waals surface area contributed by atoms with Crippen LogP contribution in [0.2, 0.25) is 0 Å². The van der Waals surface area contributed by atoms with Crippen LogP contribution in [-0.4, -0.2) is 35.6 Å². The van der Waals surface area contributed by atoms with E-state index in [-0.39, 0.29) is 10.8 Å². The van der Waals surface area contributed by atoms with Crippen molar-refractivity contribution in [1.82, 2.24) is 14.8 Å². The van der Waals surface area contributed by atoms with Crippen LogP contribution in [0, 0.1) is 6.92 Å². The quantitative estimate of drug-likeness (QED) is 0.352. The molecule has 0 atom stereocenters. The fourth-order valence-corrected chi connectivity index (χ4v) is 5.99. The summed E-state index contributed by atoms with van der Waals surface area (Å²) in [6.45, 7) is 2.40.